The third-order valence-electron chi connectivity index (χ3n) is 3.47. The molecule has 0 atom stereocenters. The summed E-state index contributed by atoms with van der Waals surface area (Å²) in [6.07, 6.45) is 6.76. The zero-order valence-electron chi connectivity index (χ0n) is 11.5. The van der Waals surface area contributed by atoms with Crippen LogP contribution in [0.2, 0.25) is 0 Å². The molecule has 1 fully saturated rings. The summed E-state index contributed by atoms with van der Waals surface area (Å²) >= 11 is 0. The molecule has 1 amide bonds. The summed E-state index contributed by atoms with van der Waals surface area (Å²) in [6, 6.07) is 5.58. The van der Waals surface area contributed by atoms with E-state index < -0.39 is 0 Å². The van der Waals surface area contributed by atoms with E-state index in [1.807, 2.05) is 12.1 Å². The first-order valence-corrected chi connectivity index (χ1v) is 6.77. The Kier molecular flexibility index (Phi) is 4.72. The number of rotatable bonds is 3. The Balaban J connectivity index is 2.01. The highest BCUT2D eigenvalue weighted by molar-refractivity contribution is 5.97. The van der Waals surface area contributed by atoms with Crippen LogP contribution >= 0.6 is 0 Å². The van der Waals surface area contributed by atoms with Crippen LogP contribution in [0.4, 0.5) is 5.69 Å². The van der Waals surface area contributed by atoms with Crippen molar-refractivity contribution in [2.75, 3.05) is 18.4 Å². The summed E-state index contributed by atoms with van der Waals surface area (Å²) in [7, 11) is 0. The molecule has 0 bridgehead atoms. The van der Waals surface area contributed by atoms with E-state index in [2.05, 4.69) is 17.2 Å². The fourth-order valence-corrected chi connectivity index (χ4v) is 2.13. The Labute approximate surface area is 118 Å². The highest BCUT2D eigenvalue weighted by Gasteiger charge is 2.22. The molecular weight excluding hydrogens is 252 g/mol. The van der Waals surface area contributed by atoms with Gasteiger partial charge in [-0.1, -0.05) is 6.92 Å². The number of pyridine rings is 1. The molecular formula is C15H18N4O. The van der Waals surface area contributed by atoms with Crippen LogP contribution in [-0.2, 0) is 4.79 Å². The molecule has 0 unspecified atom stereocenters. The van der Waals surface area contributed by atoms with Crippen LogP contribution < -0.4 is 5.32 Å². The van der Waals surface area contributed by atoms with Crippen molar-refractivity contribution in [1.82, 2.24) is 9.88 Å². The molecule has 2 rings (SSSR count). The number of piperidine rings is 1. The Bertz CT molecular complexity index is 525. The van der Waals surface area contributed by atoms with Gasteiger partial charge in [-0.05, 0) is 30.9 Å². The summed E-state index contributed by atoms with van der Waals surface area (Å²) < 4.78 is 0. The van der Waals surface area contributed by atoms with Crippen molar-refractivity contribution in [1.29, 1.82) is 5.26 Å². The summed E-state index contributed by atoms with van der Waals surface area (Å²) in [6.45, 7) is 3.64. The molecule has 20 heavy (non-hydrogen) atoms. The summed E-state index contributed by atoms with van der Waals surface area (Å²) in [4.78, 5) is 17.9. The van der Waals surface area contributed by atoms with Gasteiger partial charge in [0.2, 0.25) is 0 Å². The Morgan fingerprint density at radius 3 is 2.90 bits per heavy atom. The van der Waals surface area contributed by atoms with Crippen molar-refractivity contribution in [3.05, 3.63) is 36.3 Å². The van der Waals surface area contributed by atoms with E-state index in [1.54, 1.807) is 23.4 Å². The quantitative estimate of drug-likeness (QED) is 0.675. The highest BCUT2D eigenvalue weighted by Crippen LogP contribution is 2.17. The van der Waals surface area contributed by atoms with E-state index in [0.717, 1.165) is 31.6 Å². The smallest absolute Gasteiger partial charge is 0.266 e. The zero-order valence-corrected chi connectivity index (χ0v) is 11.5. The number of hydrogen-bond acceptors (Lipinski definition) is 4. The number of amides is 1. The first-order valence-electron chi connectivity index (χ1n) is 6.77. The number of nitriles is 1. The molecule has 1 saturated heterocycles. The molecule has 1 aromatic heterocycles. The second-order valence-corrected chi connectivity index (χ2v) is 5.03. The molecule has 1 aliphatic heterocycles. The maximum absolute atomic E-state index is 12.2. The molecule has 0 radical (unpaired) electrons. The molecule has 0 aromatic carbocycles. The van der Waals surface area contributed by atoms with Gasteiger partial charge < -0.3 is 10.2 Å². The van der Waals surface area contributed by atoms with Gasteiger partial charge in [-0.3, -0.25) is 9.78 Å². The summed E-state index contributed by atoms with van der Waals surface area (Å²) in [5, 5.41) is 12.1. The van der Waals surface area contributed by atoms with Gasteiger partial charge in [0.15, 0.2) is 0 Å². The van der Waals surface area contributed by atoms with Gasteiger partial charge in [-0.2, -0.15) is 5.26 Å². The summed E-state index contributed by atoms with van der Waals surface area (Å²) in [5.41, 5.74) is 0.878. The van der Waals surface area contributed by atoms with E-state index in [9.17, 15) is 4.79 Å². The molecule has 5 heteroatoms. The normalized spacial score (nSPS) is 16.6. The van der Waals surface area contributed by atoms with Crippen molar-refractivity contribution >= 4 is 11.6 Å². The van der Waals surface area contributed by atoms with E-state index in [0.29, 0.717) is 5.92 Å². The first kappa shape index (κ1) is 14.1. The third kappa shape index (κ3) is 3.58. The Morgan fingerprint density at radius 2 is 2.30 bits per heavy atom. The highest BCUT2D eigenvalue weighted by atomic mass is 16.2. The second kappa shape index (κ2) is 6.71. The van der Waals surface area contributed by atoms with Crippen LogP contribution in [0.25, 0.3) is 0 Å². The van der Waals surface area contributed by atoms with Crippen LogP contribution in [0.5, 0.6) is 0 Å². The van der Waals surface area contributed by atoms with Gasteiger partial charge in [-0.15, -0.1) is 0 Å². The number of carbonyl (C=O) groups excluding carboxylic acids is 1. The van der Waals surface area contributed by atoms with Gasteiger partial charge in [0.05, 0.1) is 11.9 Å². The van der Waals surface area contributed by atoms with Crippen LogP contribution in [0.15, 0.2) is 36.3 Å². The average molecular weight is 270 g/mol. The number of nitrogens with one attached hydrogen (secondary N) is 1. The number of likely N-dealkylation sites (tertiary alicyclic amines) is 1. The monoisotopic (exact) mass is 270 g/mol. The van der Waals surface area contributed by atoms with Gasteiger partial charge in [0.1, 0.15) is 11.6 Å². The first-order chi connectivity index (χ1) is 9.70. The number of carbonyl (C=O) groups is 1. The van der Waals surface area contributed by atoms with Crippen molar-refractivity contribution in [2.24, 2.45) is 5.92 Å². The molecule has 1 N–H and O–H groups in total. The molecule has 5 nitrogen and oxygen atoms in total. The zero-order chi connectivity index (χ0) is 14.4. The molecule has 0 aliphatic carbocycles. The predicted molar refractivity (Wildman–Crippen MR) is 76.5 cm³/mol. The number of anilines is 1. The third-order valence-corrected chi connectivity index (χ3v) is 3.47. The lowest BCUT2D eigenvalue weighted by molar-refractivity contribution is -0.128. The number of hydrogen-bond donors (Lipinski definition) is 1. The Hall–Kier alpha value is -2.35. The second-order valence-electron chi connectivity index (χ2n) is 5.03. The van der Waals surface area contributed by atoms with Crippen LogP contribution in [-0.4, -0.2) is 28.9 Å². The largest absolute Gasteiger partial charge is 0.359 e. The van der Waals surface area contributed by atoms with Gasteiger partial charge in [-0.25, -0.2) is 0 Å². The van der Waals surface area contributed by atoms with Crippen molar-refractivity contribution in [3.63, 3.8) is 0 Å². The maximum atomic E-state index is 12.2. The molecule has 0 saturated carbocycles. The van der Waals surface area contributed by atoms with E-state index >= 15 is 0 Å². The van der Waals surface area contributed by atoms with E-state index in [1.165, 1.54) is 6.20 Å². The molecule has 104 valence electrons. The fourth-order valence-electron chi connectivity index (χ4n) is 2.13. The van der Waals surface area contributed by atoms with Crippen molar-refractivity contribution in [3.8, 4) is 6.07 Å². The predicted octanol–water partition coefficient (Wildman–Crippen LogP) is 2.16. The SMILES string of the molecule is CC1CCN(C(=O)/C(C#N)=C\Nc2cccnc2)CC1. The van der Waals surface area contributed by atoms with Crippen LogP contribution in [0, 0.1) is 17.2 Å². The maximum Gasteiger partial charge on any atom is 0.266 e. The van der Waals surface area contributed by atoms with Crippen LogP contribution in [0.3, 0.4) is 0 Å². The van der Waals surface area contributed by atoms with Gasteiger partial charge in [0.25, 0.3) is 5.91 Å². The number of aromatic nitrogens is 1. The lowest BCUT2D eigenvalue weighted by Crippen LogP contribution is -2.38. The number of nitrogens with zero attached hydrogens (tertiary/aromatic N) is 3. The van der Waals surface area contributed by atoms with Gasteiger partial charge >= 0.3 is 0 Å². The van der Waals surface area contributed by atoms with Crippen molar-refractivity contribution < 1.29 is 4.79 Å². The molecule has 0 spiro atoms. The summed E-state index contributed by atoms with van der Waals surface area (Å²) in [5.74, 6) is 0.456. The van der Waals surface area contributed by atoms with E-state index in [4.69, 9.17) is 5.26 Å². The average Bonchev–Trinajstić information content (AvgIpc) is 2.49. The lowest BCUT2D eigenvalue weighted by Gasteiger charge is -2.30. The standard InChI is InChI=1S/C15H18N4O/c1-12-4-7-19(8-5-12)15(20)13(9-16)10-18-14-3-2-6-17-11-14/h2-3,6,10-12,18H,4-5,7-8H2,1H3/b13-10-. The molecule has 1 aliphatic rings. The van der Waals surface area contributed by atoms with E-state index in [-0.39, 0.29) is 11.5 Å². The minimum Gasteiger partial charge on any atom is -0.359 e. The minimum absolute atomic E-state index is 0.128. The van der Waals surface area contributed by atoms with Crippen LogP contribution in [0.1, 0.15) is 19.8 Å². The Morgan fingerprint density at radius 1 is 1.55 bits per heavy atom. The fraction of sp³-hybridized carbons (Fsp3) is 0.400. The van der Waals surface area contributed by atoms with Gasteiger partial charge in [0, 0.05) is 25.5 Å². The molecule has 1 aromatic rings. The topological polar surface area (TPSA) is 69.0 Å². The lowest BCUT2D eigenvalue weighted by atomic mass is 9.99. The van der Waals surface area contributed by atoms with Crippen molar-refractivity contribution in [2.45, 2.75) is 19.8 Å². The molecule has 2 heterocycles. The minimum atomic E-state index is -0.198.